The standard InChI is InChI=1S/C13H17N3O3/c14-13(5-2-6-13)9-15-12(17)8-10-3-1-4-11(7-10)16(18)19/h1,3-4,7H,2,5-6,8-9,14H2,(H,15,17). The van der Waals surface area contributed by atoms with Gasteiger partial charge in [-0.3, -0.25) is 14.9 Å². The lowest BCUT2D eigenvalue weighted by Crippen LogP contribution is -2.55. The molecule has 0 aliphatic heterocycles. The van der Waals surface area contributed by atoms with Gasteiger partial charge in [0.25, 0.3) is 5.69 Å². The molecular weight excluding hydrogens is 246 g/mol. The highest BCUT2D eigenvalue weighted by molar-refractivity contribution is 5.78. The second-order valence-corrected chi connectivity index (χ2v) is 5.10. The van der Waals surface area contributed by atoms with Gasteiger partial charge < -0.3 is 11.1 Å². The van der Waals surface area contributed by atoms with Crippen molar-refractivity contribution in [2.45, 2.75) is 31.2 Å². The van der Waals surface area contributed by atoms with Gasteiger partial charge in [0.15, 0.2) is 0 Å². The molecule has 2 rings (SSSR count). The van der Waals surface area contributed by atoms with Crippen LogP contribution in [0.1, 0.15) is 24.8 Å². The fourth-order valence-corrected chi connectivity index (χ4v) is 2.11. The summed E-state index contributed by atoms with van der Waals surface area (Å²) >= 11 is 0. The Morgan fingerprint density at radius 2 is 2.21 bits per heavy atom. The summed E-state index contributed by atoms with van der Waals surface area (Å²) < 4.78 is 0. The van der Waals surface area contributed by atoms with Gasteiger partial charge in [-0.25, -0.2) is 0 Å². The molecule has 0 spiro atoms. The van der Waals surface area contributed by atoms with E-state index >= 15 is 0 Å². The summed E-state index contributed by atoms with van der Waals surface area (Å²) in [6, 6.07) is 6.11. The third-order valence-corrected chi connectivity index (χ3v) is 3.47. The molecule has 3 N–H and O–H groups in total. The minimum atomic E-state index is -0.468. The molecule has 6 nitrogen and oxygen atoms in total. The highest BCUT2D eigenvalue weighted by Crippen LogP contribution is 2.28. The molecule has 1 aliphatic rings. The number of nitrogens with one attached hydrogen (secondary N) is 1. The number of nitro benzene ring substituents is 1. The van der Waals surface area contributed by atoms with Crippen LogP contribution in [0.5, 0.6) is 0 Å². The fourth-order valence-electron chi connectivity index (χ4n) is 2.11. The number of hydrogen-bond acceptors (Lipinski definition) is 4. The molecule has 1 aliphatic carbocycles. The highest BCUT2D eigenvalue weighted by atomic mass is 16.6. The molecule has 0 atom stereocenters. The zero-order valence-corrected chi connectivity index (χ0v) is 10.6. The Morgan fingerprint density at radius 1 is 1.47 bits per heavy atom. The Hall–Kier alpha value is -1.95. The van der Waals surface area contributed by atoms with Gasteiger partial charge >= 0.3 is 0 Å². The molecular formula is C13H17N3O3. The Labute approximate surface area is 111 Å². The molecule has 102 valence electrons. The smallest absolute Gasteiger partial charge is 0.269 e. The molecule has 1 amide bonds. The number of carbonyl (C=O) groups excluding carboxylic acids is 1. The minimum absolute atomic E-state index is 0.000381. The maximum absolute atomic E-state index is 11.7. The van der Waals surface area contributed by atoms with Crippen LogP contribution < -0.4 is 11.1 Å². The Kier molecular flexibility index (Phi) is 3.80. The normalized spacial score (nSPS) is 16.5. The van der Waals surface area contributed by atoms with E-state index in [1.807, 2.05) is 0 Å². The fraction of sp³-hybridized carbons (Fsp3) is 0.462. The number of nitro groups is 1. The van der Waals surface area contributed by atoms with Crippen LogP contribution in [-0.2, 0) is 11.2 Å². The lowest BCUT2D eigenvalue weighted by atomic mass is 9.78. The topological polar surface area (TPSA) is 98.3 Å². The summed E-state index contributed by atoms with van der Waals surface area (Å²) in [6.45, 7) is 0.473. The summed E-state index contributed by atoms with van der Waals surface area (Å²) in [7, 11) is 0. The van der Waals surface area contributed by atoms with Gasteiger partial charge in [0.2, 0.25) is 5.91 Å². The molecule has 0 heterocycles. The largest absolute Gasteiger partial charge is 0.354 e. The van der Waals surface area contributed by atoms with Crippen molar-refractivity contribution in [1.29, 1.82) is 0 Å². The summed E-state index contributed by atoms with van der Waals surface area (Å²) in [5.74, 6) is -0.155. The monoisotopic (exact) mass is 263 g/mol. The zero-order chi connectivity index (χ0) is 13.9. The lowest BCUT2D eigenvalue weighted by molar-refractivity contribution is -0.384. The first-order valence-corrected chi connectivity index (χ1v) is 6.27. The van der Waals surface area contributed by atoms with Crippen LogP contribution >= 0.6 is 0 Å². The number of nitrogens with zero attached hydrogens (tertiary/aromatic N) is 1. The van der Waals surface area contributed by atoms with Gasteiger partial charge in [0.1, 0.15) is 0 Å². The van der Waals surface area contributed by atoms with Crippen molar-refractivity contribution in [2.75, 3.05) is 6.54 Å². The third-order valence-electron chi connectivity index (χ3n) is 3.47. The number of amides is 1. The first kappa shape index (κ1) is 13.5. The molecule has 1 fully saturated rings. The lowest BCUT2D eigenvalue weighted by Gasteiger charge is -2.38. The molecule has 0 radical (unpaired) electrons. The predicted octanol–water partition coefficient (Wildman–Crippen LogP) is 1.13. The van der Waals surface area contributed by atoms with Crippen molar-refractivity contribution in [3.63, 3.8) is 0 Å². The van der Waals surface area contributed by atoms with Crippen molar-refractivity contribution in [2.24, 2.45) is 5.73 Å². The molecule has 0 aromatic heterocycles. The number of nitrogens with two attached hydrogens (primary N) is 1. The third kappa shape index (κ3) is 3.51. The first-order chi connectivity index (χ1) is 8.98. The quantitative estimate of drug-likeness (QED) is 0.614. The van der Waals surface area contributed by atoms with E-state index in [1.165, 1.54) is 12.1 Å². The maximum Gasteiger partial charge on any atom is 0.269 e. The summed E-state index contributed by atoms with van der Waals surface area (Å²) in [5.41, 5.74) is 6.38. The van der Waals surface area contributed by atoms with E-state index < -0.39 is 4.92 Å². The second kappa shape index (κ2) is 5.36. The number of hydrogen-bond donors (Lipinski definition) is 2. The van der Waals surface area contributed by atoms with Crippen LogP contribution in [-0.4, -0.2) is 22.9 Å². The van der Waals surface area contributed by atoms with Crippen LogP contribution in [0.3, 0.4) is 0 Å². The number of non-ortho nitro benzene ring substituents is 1. The van der Waals surface area contributed by atoms with Gasteiger partial charge in [-0.05, 0) is 24.8 Å². The first-order valence-electron chi connectivity index (χ1n) is 6.27. The molecule has 0 saturated heterocycles. The van der Waals surface area contributed by atoms with Crippen LogP contribution in [0.25, 0.3) is 0 Å². The van der Waals surface area contributed by atoms with Crippen molar-refractivity contribution in [3.8, 4) is 0 Å². The second-order valence-electron chi connectivity index (χ2n) is 5.10. The number of carbonyl (C=O) groups is 1. The highest BCUT2D eigenvalue weighted by Gasteiger charge is 2.32. The van der Waals surface area contributed by atoms with Crippen LogP contribution in [0.4, 0.5) is 5.69 Å². The average Bonchev–Trinajstić information content (AvgIpc) is 2.34. The Morgan fingerprint density at radius 3 is 2.79 bits per heavy atom. The maximum atomic E-state index is 11.7. The zero-order valence-electron chi connectivity index (χ0n) is 10.6. The molecule has 1 saturated carbocycles. The van der Waals surface area contributed by atoms with Crippen molar-refractivity contribution < 1.29 is 9.72 Å². The van der Waals surface area contributed by atoms with Gasteiger partial charge in [-0.15, -0.1) is 0 Å². The number of benzene rings is 1. The van der Waals surface area contributed by atoms with E-state index in [-0.39, 0.29) is 23.6 Å². The van der Waals surface area contributed by atoms with Gasteiger partial charge in [0, 0.05) is 24.2 Å². The molecule has 6 heteroatoms. The number of rotatable bonds is 5. The van der Waals surface area contributed by atoms with Crippen molar-refractivity contribution in [1.82, 2.24) is 5.32 Å². The Bertz CT molecular complexity index is 498. The van der Waals surface area contributed by atoms with E-state index in [2.05, 4.69) is 5.32 Å². The van der Waals surface area contributed by atoms with Gasteiger partial charge in [0.05, 0.1) is 11.3 Å². The van der Waals surface area contributed by atoms with E-state index in [0.717, 1.165) is 19.3 Å². The van der Waals surface area contributed by atoms with Crippen LogP contribution in [0.15, 0.2) is 24.3 Å². The van der Waals surface area contributed by atoms with Crippen LogP contribution in [0, 0.1) is 10.1 Å². The predicted molar refractivity (Wildman–Crippen MR) is 70.6 cm³/mol. The van der Waals surface area contributed by atoms with E-state index in [4.69, 9.17) is 5.73 Å². The van der Waals surface area contributed by atoms with E-state index in [9.17, 15) is 14.9 Å². The van der Waals surface area contributed by atoms with Crippen molar-refractivity contribution in [3.05, 3.63) is 39.9 Å². The summed E-state index contributed by atoms with van der Waals surface area (Å²) in [4.78, 5) is 21.9. The van der Waals surface area contributed by atoms with Crippen LogP contribution in [0.2, 0.25) is 0 Å². The SMILES string of the molecule is NC1(CNC(=O)Cc2cccc([N+](=O)[O-])c2)CCC1. The molecule has 0 unspecified atom stereocenters. The summed E-state index contributed by atoms with van der Waals surface area (Å²) in [5, 5.41) is 13.4. The average molecular weight is 263 g/mol. The van der Waals surface area contributed by atoms with E-state index in [1.54, 1.807) is 12.1 Å². The van der Waals surface area contributed by atoms with Crippen molar-refractivity contribution >= 4 is 11.6 Å². The molecule has 0 bridgehead atoms. The van der Waals surface area contributed by atoms with Gasteiger partial charge in [-0.1, -0.05) is 12.1 Å². The Balaban J connectivity index is 1.88. The molecule has 1 aromatic carbocycles. The molecule has 1 aromatic rings. The minimum Gasteiger partial charge on any atom is -0.354 e. The molecule has 19 heavy (non-hydrogen) atoms. The van der Waals surface area contributed by atoms with Gasteiger partial charge in [-0.2, -0.15) is 0 Å². The summed E-state index contributed by atoms with van der Waals surface area (Å²) in [6.07, 6.45) is 3.11. The van der Waals surface area contributed by atoms with E-state index in [0.29, 0.717) is 12.1 Å².